The number of thiocarbonyl (C=S) groups is 1. The third kappa shape index (κ3) is 4.87. The fraction of sp³-hybridized carbons (Fsp3) is 0.278. The Morgan fingerprint density at radius 3 is 2.33 bits per heavy atom. The number of hydrogen-bond acceptors (Lipinski definition) is 1. The van der Waals surface area contributed by atoms with Gasteiger partial charge in [0.25, 0.3) is 0 Å². The van der Waals surface area contributed by atoms with Crippen LogP contribution in [0.1, 0.15) is 36.1 Å². The maximum atomic E-state index is 5.40. The van der Waals surface area contributed by atoms with Crippen molar-refractivity contribution in [3.8, 4) is 0 Å². The lowest BCUT2D eigenvalue weighted by atomic mass is 10.0. The Morgan fingerprint density at radius 1 is 1.05 bits per heavy atom. The molecule has 0 aliphatic rings. The van der Waals surface area contributed by atoms with Crippen molar-refractivity contribution in [2.75, 3.05) is 0 Å². The largest absolute Gasteiger partial charge is 0.359 e. The third-order valence-electron chi connectivity index (χ3n) is 3.49. The average molecular weight is 298 g/mol. The lowest BCUT2D eigenvalue weighted by Gasteiger charge is -2.20. The number of rotatable bonds is 5. The highest BCUT2D eigenvalue weighted by molar-refractivity contribution is 7.80. The Hall–Kier alpha value is -1.87. The van der Waals surface area contributed by atoms with Crippen molar-refractivity contribution in [3.63, 3.8) is 0 Å². The first-order valence-corrected chi connectivity index (χ1v) is 7.74. The molecule has 2 N–H and O–H groups in total. The Morgan fingerprint density at radius 2 is 1.71 bits per heavy atom. The highest BCUT2D eigenvalue weighted by Gasteiger charge is 2.10. The van der Waals surface area contributed by atoms with E-state index in [9.17, 15) is 0 Å². The minimum absolute atomic E-state index is 0.251. The zero-order valence-electron chi connectivity index (χ0n) is 12.6. The smallest absolute Gasteiger partial charge is 0.167 e. The van der Waals surface area contributed by atoms with Crippen LogP contribution in [0.25, 0.3) is 0 Å². The summed E-state index contributed by atoms with van der Waals surface area (Å²) in [5, 5.41) is 7.36. The summed E-state index contributed by atoms with van der Waals surface area (Å²) < 4.78 is 0. The zero-order valence-corrected chi connectivity index (χ0v) is 13.4. The van der Waals surface area contributed by atoms with E-state index < -0.39 is 0 Å². The van der Waals surface area contributed by atoms with Crippen LogP contribution in [-0.4, -0.2) is 5.11 Å². The molecule has 0 saturated carbocycles. The maximum Gasteiger partial charge on any atom is 0.167 e. The van der Waals surface area contributed by atoms with Crippen molar-refractivity contribution < 1.29 is 0 Å². The number of nitrogens with one attached hydrogen (secondary N) is 2. The van der Waals surface area contributed by atoms with E-state index in [1.807, 2.05) is 18.2 Å². The Bertz CT molecular complexity index is 564. The number of aryl methyl sites for hydroxylation is 1. The van der Waals surface area contributed by atoms with Crippen LogP contribution in [0.5, 0.6) is 0 Å². The van der Waals surface area contributed by atoms with Crippen molar-refractivity contribution in [3.05, 3.63) is 71.3 Å². The monoisotopic (exact) mass is 298 g/mol. The summed E-state index contributed by atoms with van der Waals surface area (Å²) >= 11 is 5.40. The van der Waals surface area contributed by atoms with Crippen LogP contribution < -0.4 is 10.6 Å². The SMILES string of the molecule is CC[C@@H](NC(=S)NCc1ccccc1)c1ccc(C)cc1. The van der Waals surface area contributed by atoms with Crippen molar-refractivity contribution in [2.45, 2.75) is 32.9 Å². The molecule has 0 aliphatic carbocycles. The van der Waals surface area contributed by atoms with Crippen molar-refractivity contribution >= 4 is 17.3 Å². The lowest BCUT2D eigenvalue weighted by molar-refractivity contribution is 0.616. The molecular weight excluding hydrogens is 276 g/mol. The van der Waals surface area contributed by atoms with Crippen LogP contribution in [0, 0.1) is 6.92 Å². The van der Waals surface area contributed by atoms with Gasteiger partial charge in [-0.1, -0.05) is 67.1 Å². The van der Waals surface area contributed by atoms with Gasteiger partial charge in [-0.3, -0.25) is 0 Å². The van der Waals surface area contributed by atoms with Gasteiger partial charge in [-0.15, -0.1) is 0 Å². The van der Waals surface area contributed by atoms with E-state index in [0.717, 1.165) is 13.0 Å². The molecule has 2 aromatic carbocycles. The normalized spacial score (nSPS) is 11.7. The van der Waals surface area contributed by atoms with E-state index in [2.05, 4.69) is 60.9 Å². The summed E-state index contributed by atoms with van der Waals surface area (Å²) in [6.45, 7) is 5.01. The molecule has 21 heavy (non-hydrogen) atoms. The second-order valence-electron chi connectivity index (χ2n) is 5.18. The van der Waals surface area contributed by atoms with Crippen LogP contribution in [0.15, 0.2) is 54.6 Å². The minimum Gasteiger partial charge on any atom is -0.359 e. The van der Waals surface area contributed by atoms with E-state index in [-0.39, 0.29) is 6.04 Å². The van der Waals surface area contributed by atoms with Gasteiger partial charge in [0, 0.05) is 6.54 Å². The van der Waals surface area contributed by atoms with Crippen molar-refractivity contribution in [2.24, 2.45) is 0 Å². The van der Waals surface area contributed by atoms with Crippen LogP contribution in [0.4, 0.5) is 0 Å². The number of benzene rings is 2. The molecule has 0 fully saturated rings. The molecule has 110 valence electrons. The fourth-order valence-corrected chi connectivity index (χ4v) is 2.42. The van der Waals surface area contributed by atoms with Gasteiger partial charge in [0.2, 0.25) is 0 Å². The van der Waals surface area contributed by atoms with Gasteiger partial charge in [-0.25, -0.2) is 0 Å². The predicted octanol–water partition coefficient (Wildman–Crippen LogP) is 4.11. The van der Waals surface area contributed by atoms with E-state index >= 15 is 0 Å². The predicted molar refractivity (Wildman–Crippen MR) is 93.2 cm³/mol. The summed E-state index contributed by atoms with van der Waals surface area (Å²) in [6.07, 6.45) is 0.996. The summed E-state index contributed by atoms with van der Waals surface area (Å²) in [5.74, 6) is 0. The number of hydrogen-bond donors (Lipinski definition) is 2. The summed E-state index contributed by atoms with van der Waals surface area (Å²) in [4.78, 5) is 0. The van der Waals surface area contributed by atoms with Gasteiger partial charge in [0.1, 0.15) is 0 Å². The van der Waals surface area contributed by atoms with Gasteiger partial charge in [0.05, 0.1) is 6.04 Å². The topological polar surface area (TPSA) is 24.1 Å². The molecule has 0 amide bonds. The molecule has 2 nitrogen and oxygen atoms in total. The van der Waals surface area contributed by atoms with Crippen molar-refractivity contribution in [1.29, 1.82) is 0 Å². The van der Waals surface area contributed by atoms with Gasteiger partial charge >= 0.3 is 0 Å². The summed E-state index contributed by atoms with van der Waals surface area (Å²) in [5.41, 5.74) is 3.77. The second-order valence-corrected chi connectivity index (χ2v) is 5.59. The quantitative estimate of drug-likeness (QED) is 0.812. The first kappa shape index (κ1) is 15.5. The van der Waals surface area contributed by atoms with Crippen LogP contribution in [-0.2, 0) is 6.54 Å². The molecule has 0 bridgehead atoms. The van der Waals surface area contributed by atoms with Gasteiger partial charge in [-0.2, -0.15) is 0 Å². The molecular formula is C18H22N2S. The molecule has 0 radical (unpaired) electrons. The highest BCUT2D eigenvalue weighted by atomic mass is 32.1. The fourth-order valence-electron chi connectivity index (χ4n) is 2.21. The molecule has 2 rings (SSSR count). The molecule has 0 saturated heterocycles. The van der Waals surface area contributed by atoms with E-state index in [0.29, 0.717) is 5.11 Å². The van der Waals surface area contributed by atoms with E-state index in [1.54, 1.807) is 0 Å². The lowest BCUT2D eigenvalue weighted by Crippen LogP contribution is -2.37. The van der Waals surface area contributed by atoms with Crippen LogP contribution in [0.2, 0.25) is 0 Å². The highest BCUT2D eigenvalue weighted by Crippen LogP contribution is 2.16. The Balaban J connectivity index is 1.89. The Labute approximate surface area is 132 Å². The first-order chi connectivity index (χ1) is 10.2. The Kier molecular flexibility index (Phi) is 5.76. The van der Waals surface area contributed by atoms with Gasteiger partial charge in [-0.05, 0) is 36.7 Å². The molecule has 1 atom stereocenters. The van der Waals surface area contributed by atoms with Gasteiger partial charge in [0.15, 0.2) is 5.11 Å². The second kappa shape index (κ2) is 7.79. The average Bonchev–Trinajstić information content (AvgIpc) is 2.52. The van der Waals surface area contributed by atoms with E-state index in [4.69, 9.17) is 12.2 Å². The van der Waals surface area contributed by atoms with Crippen LogP contribution in [0.3, 0.4) is 0 Å². The molecule has 0 aliphatic heterocycles. The molecule has 0 unspecified atom stereocenters. The standard InChI is InChI=1S/C18H22N2S/c1-3-17(16-11-9-14(2)10-12-16)20-18(21)19-13-15-7-5-4-6-8-15/h4-12,17H,3,13H2,1-2H3,(H2,19,20,21)/t17-/m1/s1. The van der Waals surface area contributed by atoms with Crippen LogP contribution >= 0.6 is 12.2 Å². The molecule has 0 spiro atoms. The maximum absolute atomic E-state index is 5.40. The molecule has 0 heterocycles. The molecule has 0 aromatic heterocycles. The summed E-state index contributed by atoms with van der Waals surface area (Å²) in [6, 6.07) is 19.1. The first-order valence-electron chi connectivity index (χ1n) is 7.34. The van der Waals surface area contributed by atoms with E-state index in [1.165, 1.54) is 16.7 Å². The summed E-state index contributed by atoms with van der Waals surface area (Å²) in [7, 11) is 0. The third-order valence-corrected chi connectivity index (χ3v) is 3.75. The van der Waals surface area contributed by atoms with Crippen molar-refractivity contribution in [1.82, 2.24) is 10.6 Å². The molecule has 3 heteroatoms. The van der Waals surface area contributed by atoms with Gasteiger partial charge < -0.3 is 10.6 Å². The minimum atomic E-state index is 0.251. The zero-order chi connectivity index (χ0) is 15.1. The molecule has 2 aromatic rings.